The zero-order chi connectivity index (χ0) is 30.9. The van der Waals surface area contributed by atoms with Gasteiger partial charge in [0.1, 0.15) is 17.5 Å². The van der Waals surface area contributed by atoms with Crippen molar-refractivity contribution < 1.29 is 28.6 Å². The second kappa shape index (κ2) is 14.7. The molecule has 2 saturated heterocycles. The SMILES string of the molecule is COc1ccc(NC(=O)CN2CC[C@H]3NC(=O)[C@H](Cc4ccccc4)NC(=O)C4(C/C=C/C[C@H]3C2)CCOCC4)c(OC)c1. The average molecular weight is 605 g/mol. The number of nitrogens with zero attached hydrogens (tertiary/aromatic N) is 1. The van der Waals surface area contributed by atoms with Crippen molar-refractivity contribution in [2.24, 2.45) is 11.3 Å². The summed E-state index contributed by atoms with van der Waals surface area (Å²) in [5.41, 5.74) is 0.983. The minimum absolute atomic E-state index is 0.0696. The van der Waals surface area contributed by atoms with E-state index in [9.17, 15) is 14.4 Å². The number of ether oxygens (including phenoxy) is 3. The Morgan fingerprint density at radius 2 is 1.84 bits per heavy atom. The van der Waals surface area contributed by atoms with Gasteiger partial charge in [-0.05, 0) is 55.7 Å². The number of rotatable bonds is 7. The van der Waals surface area contributed by atoms with E-state index in [4.69, 9.17) is 14.2 Å². The summed E-state index contributed by atoms with van der Waals surface area (Å²) >= 11 is 0. The Hall–Kier alpha value is -3.89. The largest absolute Gasteiger partial charge is 0.497 e. The first-order chi connectivity index (χ1) is 21.4. The fourth-order valence-corrected chi connectivity index (χ4v) is 6.49. The smallest absolute Gasteiger partial charge is 0.243 e. The molecule has 44 heavy (non-hydrogen) atoms. The number of carbonyl (C=O) groups is 3. The van der Waals surface area contributed by atoms with Crippen molar-refractivity contribution in [2.45, 2.75) is 50.6 Å². The standard InChI is InChI=1S/C34H44N4O6/c1-42-26-11-12-28(30(21-26)43-2)35-31(39)23-38-17-13-27-25(22-38)10-6-7-14-34(15-18-44-19-16-34)33(41)37-29(32(40)36-27)20-24-8-4-3-5-9-24/h3-9,11-12,21,25,27,29H,10,13-20,22-23H2,1-2H3,(H,35,39)(H,36,40)(H,37,41)/b7-6+/t25-,27+,29-/m0/s1. The van der Waals surface area contributed by atoms with Crippen LogP contribution in [0, 0.1) is 11.3 Å². The summed E-state index contributed by atoms with van der Waals surface area (Å²) in [5, 5.41) is 9.40. The fraction of sp³-hybridized carbons (Fsp3) is 0.500. The Morgan fingerprint density at radius 1 is 1.05 bits per heavy atom. The third kappa shape index (κ3) is 7.78. The lowest BCUT2D eigenvalue weighted by Gasteiger charge is -2.40. The molecule has 10 nitrogen and oxygen atoms in total. The maximum absolute atomic E-state index is 13.8. The summed E-state index contributed by atoms with van der Waals surface area (Å²) in [6.45, 7) is 2.61. The molecule has 0 saturated carbocycles. The number of carbonyl (C=O) groups excluding carboxylic acids is 3. The Labute approximate surface area is 259 Å². The van der Waals surface area contributed by atoms with Gasteiger partial charge in [0.05, 0.1) is 31.9 Å². The van der Waals surface area contributed by atoms with Crippen LogP contribution in [0.25, 0.3) is 0 Å². The molecule has 3 aliphatic rings. The molecule has 0 aliphatic carbocycles. The first-order valence-electron chi connectivity index (χ1n) is 15.5. The summed E-state index contributed by atoms with van der Waals surface area (Å²) in [6, 6.07) is 14.3. The quantitative estimate of drug-likeness (QED) is 0.415. The monoisotopic (exact) mass is 604 g/mol. The van der Waals surface area contributed by atoms with Gasteiger partial charge in [-0.1, -0.05) is 42.5 Å². The minimum Gasteiger partial charge on any atom is -0.497 e. The third-order valence-corrected chi connectivity index (χ3v) is 9.15. The molecule has 2 fully saturated rings. The summed E-state index contributed by atoms with van der Waals surface area (Å²) < 4.78 is 16.3. The van der Waals surface area contributed by atoms with Crippen LogP contribution in [0.1, 0.15) is 37.7 Å². The van der Waals surface area contributed by atoms with Gasteiger partial charge in [0, 0.05) is 44.8 Å². The highest BCUT2D eigenvalue weighted by atomic mass is 16.5. The number of allylic oxidation sites excluding steroid dienone is 2. The second-order valence-electron chi connectivity index (χ2n) is 12.0. The van der Waals surface area contributed by atoms with Gasteiger partial charge in [-0.15, -0.1) is 0 Å². The Balaban J connectivity index is 1.30. The molecule has 3 amide bonds. The Kier molecular flexibility index (Phi) is 10.6. The summed E-state index contributed by atoms with van der Waals surface area (Å²) in [5.74, 6) is 0.919. The van der Waals surface area contributed by atoms with Gasteiger partial charge >= 0.3 is 0 Å². The van der Waals surface area contributed by atoms with E-state index in [0.29, 0.717) is 75.6 Å². The minimum atomic E-state index is -0.683. The van der Waals surface area contributed by atoms with Crippen molar-refractivity contribution in [1.82, 2.24) is 15.5 Å². The van der Waals surface area contributed by atoms with Gasteiger partial charge in [-0.2, -0.15) is 0 Å². The lowest BCUT2D eigenvalue weighted by Crippen LogP contribution is -2.58. The lowest BCUT2D eigenvalue weighted by atomic mass is 9.75. The van der Waals surface area contributed by atoms with Crippen LogP contribution < -0.4 is 25.4 Å². The first kappa shape index (κ1) is 31.5. The normalized spacial score (nSPS) is 24.9. The van der Waals surface area contributed by atoms with Crippen molar-refractivity contribution in [2.75, 3.05) is 52.4 Å². The Morgan fingerprint density at radius 3 is 2.59 bits per heavy atom. The predicted molar refractivity (Wildman–Crippen MR) is 168 cm³/mol. The highest BCUT2D eigenvalue weighted by molar-refractivity contribution is 5.94. The molecule has 1 spiro atoms. The van der Waals surface area contributed by atoms with Crippen LogP contribution in [0.4, 0.5) is 5.69 Å². The van der Waals surface area contributed by atoms with Crippen LogP contribution in [-0.4, -0.2) is 81.8 Å². The molecule has 0 aromatic heterocycles. The average Bonchev–Trinajstić information content (AvgIpc) is 3.04. The van der Waals surface area contributed by atoms with Crippen LogP contribution in [0.5, 0.6) is 11.5 Å². The Bertz CT molecular complexity index is 1330. The lowest BCUT2D eigenvalue weighted by molar-refractivity contribution is -0.140. The van der Waals surface area contributed by atoms with Gasteiger partial charge in [-0.25, -0.2) is 0 Å². The molecule has 0 bridgehead atoms. The van der Waals surface area contributed by atoms with E-state index in [1.165, 1.54) is 0 Å². The third-order valence-electron chi connectivity index (χ3n) is 9.15. The van der Waals surface area contributed by atoms with Gasteiger partial charge in [0.2, 0.25) is 17.7 Å². The molecule has 2 aromatic rings. The van der Waals surface area contributed by atoms with Gasteiger partial charge < -0.3 is 30.2 Å². The first-order valence-corrected chi connectivity index (χ1v) is 15.5. The number of anilines is 1. The van der Waals surface area contributed by atoms with Crippen LogP contribution in [0.15, 0.2) is 60.7 Å². The van der Waals surface area contributed by atoms with Crippen LogP contribution in [0.2, 0.25) is 0 Å². The second-order valence-corrected chi connectivity index (χ2v) is 12.0. The van der Waals surface area contributed by atoms with E-state index in [1.54, 1.807) is 32.4 Å². The molecule has 3 atom stereocenters. The van der Waals surface area contributed by atoms with Crippen LogP contribution >= 0.6 is 0 Å². The van der Waals surface area contributed by atoms with E-state index in [0.717, 1.165) is 12.0 Å². The van der Waals surface area contributed by atoms with Crippen molar-refractivity contribution in [3.63, 3.8) is 0 Å². The van der Waals surface area contributed by atoms with Gasteiger partial charge in [-0.3, -0.25) is 19.3 Å². The molecule has 3 heterocycles. The zero-order valence-electron chi connectivity index (χ0n) is 25.7. The zero-order valence-corrected chi connectivity index (χ0v) is 25.7. The molecule has 0 radical (unpaired) electrons. The van der Waals surface area contributed by atoms with Crippen molar-refractivity contribution >= 4 is 23.4 Å². The summed E-state index contributed by atoms with van der Waals surface area (Å²) in [6.07, 6.45) is 7.98. The number of fused-ring (bicyclic) bond motifs is 1. The number of likely N-dealkylation sites (tertiary alicyclic amines) is 1. The van der Waals surface area contributed by atoms with Gasteiger partial charge in [0.15, 0.2) is 0 Å². The molecule has 10 heteroatoms. The van der Waals surface area contributed by atoms with Crippen molar-refractivity contribution in [3.8, 4) is 11.5 Å². The number of amides is 3. The number of piperidine rings is 1. The van der Waals surface area contributed by atoms with E-state index >= 15 is 0 Å². The maximum Gasteiger partial charge on any atom is 0.243 e. The highest BCUT2D eigenvalue weighted by Crippen LogP contribution is 2.36. The summed E-state index contributed by atoms with van der Waals surface area (Å²) in [7, 11) is 3.14. The molecular weight excluding hydrogens is 560 g/mol. The van der Waals surface area contributed by atoms with Crippen molar-refractivity contribution in [3.05, 3.63) is 66.2 Å². The summed E-state index contributed by atoms with van der Waals surface area (Å²) in [4.78, 5) is 42.8. The van der Waals surface area contributed by atoms with E-state index < -0.39 is 11.5 Å². The maximum atomic E-state index is 13.8. The van der Waals surface area contributed by atoms with Crippen LogP contribution in [0.3, 0.4) is 0 Å². The number of nitrogens with one attached hydrogen (secondary N) is 3. The number of methoxy groups -OCH3 is 2. The fourth-order valence-electron chi connectivity index (χ4n) is 6.49. The predicted octanol–water partition coefficient (Wildman–Crippen LogP) is 3.32. The van der Waals surface area contributed by atoms with Crippen LogP contribution in [-0.2, 0) is 25.5 Å². The number of benzene rings is 2. The molecule has 5 rings (SSSR count). The topological polar surface area (TPSA) is 118 Å². The number of hydrogen-bond acceptors (Lipinski definition) is 7. The van der Waals surface area contributed by atoms with Gasteiger partial charge in [0.25, 0.3) is 0 Å². The molecule has 236 valence electrons. The van der Waals surface area contributed by atoms with E-state index in [1.807, 2.05) is 30.3 Å². The molecular formula is C34H44N4O6. The van der Waals surface area contributed by atoms with E-state index in [-0.39, 0.29) is 36.2 Å². The molecule has 0 unspecified atom stereocenters. The molecule has 3 aliphatic heterocycles. The molecule has 3 N–H and O–H groups in total. The van der Waals surface area contributed by atoms with Crippen molar-refractivity contribution in [1.29, 1.82) is 0 Å². The van der Waals surface area contributed by atoms with E-state index in [2.05, 4.69) is 33.0 Å². The number of hydrogen-bond donors (Lipinski definition) is 3. The molecule has 2 aromatic carbocycles. The highest BCUT2D eigenvalue weighted by Gasteiger charge is 2.41.